The minimum atomic E-state index is -0.129. The first-order valence-corrected chi connectivity index (χ1v) is 8.83. The second-order valence-electron chi connectivity index (χ2n) is 6.82. The Bertz CT molecular complexity index is 1170. The number of rotatable bonds is 2. The number of H-pyrrole nitrogens is 1. The molecule has 4 aromatic heterocycles. The van der Waals surface area contributed by atoms with E-state index >= 15 is 0 Å². The summed E-state index contributed by atoms with van der Waals surface area (Å²) in [5, 5.41) is 7.74. The average molecular weight is 386 g/mol. The predicted molar refractivity (Wildman–Crippen MR) is 105 cm³/mol. The van der Waals surface area contributed by atoms with Crippen LogP contribution < -0.4 is 11.0 Å². The molecule has 4 aromatic rings. The number of piperidine rings is 1. The third-order valence-electron chi connectivity index (χ3n) is 5.01. The van der Waals surface area contributed by atoms with Crippen molar-refractivity contribution >= 4 is 29.1 Å². The normalized spacial score (nSPS) is 17.3. The molecule has 2 N–H and O–H groups in total. The summed E-state index contributed by atoms with van der Waals surface area (Å²) in [4.78, 5) is 24.6. The quantitative estimate of drug-likeness (QED) is 0.551. The van der Waals surface area contributed by atoms with Crippen LogP contribution in [0.15, 0.2) is 35.5 Å². The first kappa shape index (κ1) is 17.7. The van der Waals surface area contributed by atoms with Crippen molar-refractivity contribution in [1.29, 1.82) is 0 Å². The molecule has 1 fully saturated rings. The van der Waals surface area contributed by atoms with Crippen molar-refractivity contribution in [1.82, 2.24) is 34.4 Å². The summed E-state index contributed by atoms with van der Waals surface area (Å²) in [6.07, 6.45) is 7.40. The average Bonchev–Trinajstić information content (AvgIpc) is 3.21. The molecular formula is C18H20ClN7O. The largest absolute Gasteiger partial charge is 0.328 e. The number of nitrogens with zero attached hydrogens (tertiary/aromatic N) is 5. The van der Waals surface area contributed by atoms with Gasteiger partial charge in [-0.05, 0) is 44.0 Å². The minimum Gasteiger partial charge on any atom is -0.315 e. The molecule has 27 heavy (non-hydrogen) atoms. The van der Waals surface area contributed by atoms with Gasteiger partial charge in [0, 0.05) is 12.7 Å². The third kappa shape index (κ3) is 2.90. The van der Waals surface area contributed by atoms with Crippen molar-refractivity contribution in [2.75, 3.05) is 13.1 Å². The van der Waals surface area contributed by atoms with Crippen LogP contribution in [0, 0.1) is 6.92 Å². The molecule has 0 bridgehead atoms. The van der Waals surface area contributed by atoms with E-state index in [0.29, 0.717) is 17.0 Å². The number of pyridine rings is 1. The lowest BCUT2D eigenvalue weighted by molar-refractivity contribution is 0.370. The fourth-order valence-electron chi connectivity index (χ4n) is 3.70. The minimum absolute atomic E-state index is 0. The van der Waals surface area contributed by atoms with Gasteiger partial charge < -0.3 is 10.3 Å². The van der Waals surface area contributed by atoms with Gasteiger partial charge in [-0.25, -0.2) is 19.3 Å². The molecule has 1 saturated heterocycles. The van der Waals surface area contributed by atoms with Crippen molar-refractivity contribution in [2.45, 2.75) is 25.8 Å². The van der Waals surface area contributed by atoms with Crippen LogP contribution in [0.25, 0.3) is 28.1 Å². The van der Waals surface area contributed by atoms with Crippen molar-refractivity contribution in [3.05, 3.63) is 46.8 Å². The molecule has 5 heterocycles. The van der Waals surface area contributed by atoms with Crippen molar-refractivity contribution in [2.24, 2.45) is 0 Å². The first-order chi connectivity index (χ1) is 12.7. The number of aryl methyl sites for hydroxylation is 1. The van der Waals surface area contributed by atoms with Crippen LogP contribution in [-0.4, -0.2) is 42.2 Å². The Morgan fingerprint density at radius 1 is 1.30 bits per heavy atom. The van der Waals surface area contributed by atoms with E-state index in [1.165, 1.54) is 0 Å². The number of hydrogen-bond donors (Lipinski definition) is 2. The molecule has 0 unspecified atom stereocenters. The molecule has 1 aliphatic rings. The topological polar surface area (TPSA) is 92.9 Å². The van der Waals surface area contributed by atoms with Gasteiger partial charge in [-0.15, -0.1) is 12.4 Å². The summed E-state index contributed by atoms with van der Waals surface area (Å²) in [7, 11) is 0. The molecule has 0 spiro atoms. The number of imidazole rings is 1. The fourth-order valence-corrected chi connectivity index (χ4v) is 3.70. The van der Waals surface area contributed by atoms with Gasteiger partial charge in [0.2, 0.25) is 0 Å². The highest BCUT2D eigenvalue weighted by Crippen LogP contribution is 2.24. The van der Waals surface area contributed by atoms with Crippen LogP contribution in [0.3, 0.4) is 0 Å². The molecule has 0 aliphatic carbocycles. The van der Waals surface area contributed by atoms with E-state index in [1.807, 2.05) is 23.7 Å². The Morgan fingerprint density at radius 3 is 3.00 bits per heavy atom. The van der Waals surface area contributed by atoms with Crippen LogP contribution in [0.4, 0.5) is 0 Å². The molecule has 0 amide bonds. The Labute approximate surface area is 161 Å². The second-order valence-corrected chi connectivity index (χ2v) is 6.82. The van der Waals surface area contributed by atoms with Crippen molar-refractivity contribution in [3.63, 3.8) is 0 Å². The number of halogens is 1. The van der Waals surface area contributed by atoms with Gasteiger partial charge in [0.1, 0.15) is 5.52 Å². The molecule has 0 radical (unpaired) electrons. The van der Waals surface area contributed by atoms with E-state index in [0.717, 1.165) is 42.6 Å². The Kier molecular flexibility index (Phi) is 4.45. The van der Waals surface area contributed by atoms with Crippen molar-refractivity contribution < 1.29 is 0 Å². The lowest BCUT2D eigenvalue weighted by Crippen LogP contribution is -2.35. The van der Waals surface area contributed by atoms with Crippen LogP contribution in [0.2, 0.25) is 0 Å². The molecule has 0 aromatic carbocycles. The van der Waals surface area contributed by atoms with Gasteiger partial charge in [-0.3, -0.25) is 4.57 Å². The third-order valence-corrected chi connectivity index (χ3v) is 5.01. The zero-order valence-corrected chi connectivity index (χ0v) is 15.7. The molecule has 0 saturated carbocycles. The summed E-state index contributed by atoms with van der Waals surface area (Å²) in [6.45, 7) is 3.82. The van der Waals surface area contributed by atoms with Gasteiger partial charge in [0.25, 0.3) is 0 Å². The second kappa shape index (κ2) is 6.79. The van der Waals surface area contributed by atoms with Gasteiger partial charge >= 0.3 is 5.69 Å². The van der Waals surface area contributed by atoms with E-state index in [1.54, 1.807) is 17.0 Å². The van der Waals surface area contributed by atoms with Crippen LogP contribution >= 0.6 is 12.4 Å². The molecule has 8 nitrogen and oxygen atoms in total. The Morgan fingerprint density at radius 2 is 2.19 bits per heavy atom. The van der Waals surface area contributed by atoms with E-state index < -0.39 is 0 Å². The maximum atomic E-state index is 12.5. The summed E-state index contributed by atoms with van der Waals surface area (Å²) >= 11 is 0. The standard InChI is InChI=1S/C18H19N7O.ClH/c1-11-4-6-24-15(7-11)13(9-21-24)16-20-10-14-17(23-16)25(18(26)22-14)12-3-2-5-19-8-12;/h4,6-7,9-10,12,19H,2-3,5,8H2,1H3,(H,22,26);1H/t12-;/m0./s1. The Balaban J connectivity index is 0.00000180. The number of aromatic amines is 1. The lowest BCUT2D eigenvalue weighted by Gasteiger charge is -2.23. The van der Waals surface area contributed by atoms with Crippen LogP contribution in [0.5, 0.6) is 0 Å². The molecule has 140 valence electrons. The van der Waals surface area contributed by atoms with E-state index in [-0.39, 0.29) is 24.1 Å². The molecule has 5 rings (SSSR count). The van der Waals surface area contributed by atoms with E-state index in [2.05, 4.69) is 26.4 Å². The van der Waals surface area contributed by atoms with E-state index in [4.69, 9.17) is 4.98 Å². The lowest BCUT2D eigenvalue weighted by atomic mass is 10.1. The highest BCUT2D eigenvalue weighted by molar-refractivity contribution is 5.85. The monoisotopic (exact) mass is 385 g/mol. The summed E-state index contributed by atoms with van der Waals surface area (Å²) in [5.41, 5.74) is 4.14. The Hall–Kier alpha value is -2.71. The van der Waals surface area contributed by atoms with Gasteiger partial charge in [-0.1, -0.05) is 0 Å². The maximum absolute atomic E-state index is 12.5. The predicted octanol–water partition coefficient (Wildman–Crippen LogP) is 2.09. The highest BCUT2D eigenvalue weighted by Gasteiger charge is 2.21. The van der Waals surface area contributed by atoms with Gasteiger partial charge in [-0.2, -0.15) is 5.10 Å². The van der Waals surface area contributed by atoms with Crippen LogP contribution in [0.1, 0.15) is 24.4 Å². The van der Waals surface area contributed by atoms with Gasteiger partial charge in [0.05, 0.1) is 29.5 Å². The summed E-state index contributed by atoms with van der Waals surface area (Å²) < 4.78 is 3.58. The zero-order valence-electron chi connectivity index (χ0n) is 14.8. The molecular weight excluding hydrogens is 366 g/mol. The van der Waals surface area contributed by atoms with E-state index in [9.17, 15) is 4.79 Å². The van der Waals surface area contributed by atoms with Crippen molar-refractivity contribution in [3.8, 4) is 11.4 Å². The number of fused-ring (bicyclic) bond motifs is 2. The summed E-state index contributed by atoms with van der Waals surface area (Å²) in [5.74, 6) is 0.578. The molecule has 1 aliphatic heterocycles. The molecule has 1 atom stereocenters. The first-order valence-electron chi connectivity index (χ1n) is 8.83. The zero-order chi connectivity index (χ0) is 17.7. The van der Waals surface area contributed by atoms with Crippen LogP contribution in [-0.2, 0) is 0 Å². The highest BCUT2D eigenvalue weighted by atomic mass is 35.5. The number of nitrogens with one attached hydrogen (secondary N) is 2. The summed E-state index contributed by atoms with van der Waals surface area (Å²) in [6, 6.07) is 4.18. The molecule has 9 heteroatoms. The number of hydrogen-bond acceptors (Lipinski definition) is 5. The smallest absolute Gasteiger partial charge is 0.315 e. The maximum Gasteiger partial charge on any atom is 0.328 e. The van der Waals surface area contributed by atoms with Gasteiger partial charge in [0.15, 0.2) is 11.5 Å². The SMILES string of the molecule is Cc1ccn2ncc(-c3ncc4[nH]c(=O)n([C@H]5CCCNC5)c4n3)c2c1.Cl. The number of aromatic nitrogens is 6. The fraction of sp³-hybridized carbons (Fsp3) is 0.333.